The molecule has 3 N–H and O–H groups in total. The third kappa shape index (κ3) is 5.43. The maximum Gasteiger partial charge on any atom is 0.240 e. The summed E-state index contributed by atoms with van der Waals surface area (Å²) in [5.74, 6) is -0.181. The van der Waals surface area contributed by atoms with Gasteiger partial charge in [0.05, 0.1) is 18.1 Å². The Labute approximate surface area is 142 Å². The molecule has 1 atom stereocenters. The van der Waals surface area contributed by atoms with Crippen LogP contribution in [0.2, 0.25) is 0 Å². The number of sulfonamides is 1. The van der Waals surface area contributed by atoms with Crippen molar-refractivity contribution in [3.63, 3.8) is 0 Å². The highest BCUT2D eigenvalue weighted by molar-refractivity contribution is 7.89. The van der Waals surface area contributed by atoms with Gasteiger partial charge in [0, 0.05) is 24.7 Å². The zero-order valence-corrected chi connectivity index (χ0v) is 14.7. The Balaban J connectivity index is 0.00000264. The first kappa shape index (κ1) is 19.9. The van der Waals surface area contributed by atoms with E-state index in [2.05, 4.69) is 15.4 Å². The summed E-state index contributed by atoms with van der Waals surface area (Å²) in [5, 5.41) is 5.92. The van der Waals surface area contributed by atoms with Gasteiger partial charge in [-0.3, -0.25) is 4.79 Å². The van der Waals surface area contributed by atoms with Gasteiger partial charge in [-0.2, -0.15) is 0 Å². The number of halogens is 1. The van der Waals surface area contributed by atoms with Gasteiger partial charge in [-0.05, 0) is 31.7 Å². The summed E-state index contributed by atoms with van der Waals surface area (Å²) in [6, 6.07) is 4.80. The third-order valence-electron chi connectivity index (χ3n) is 3.46. The fourth-order valence-corrected chi connectivity index (χ4v) is 3.26. The van der Waals surface area contributed by atoms with Crippen molar-refractivity contribution in [1.29, 1.82) is 0 Å². The molecular weight excluding hydrogens is 342 g/mol. The average molecular weight is 364 g/mol. The average Bonchev–Trinajstić information content (AvgIpc) is 2.50. The molecule has 0 aromatic heterocycles. The van der Waals surface area contributed by atoms with Gasteiger partial charge in [0.2, 0.25) is 15.9 Å². The Morgan fingerprint density at radius 1 is 1.43 bits per heavy atom. The minimum Gasteiger partial charge on any atom is -0.378 e. The largest absolute Gasteiger partial charge is 0.378 e. The van der Waals surface area contributed by atoms with Crippen LogP contribution in [0.4, 0.5) is 5.69 Å². The molecule has 1 aromatic carbocycles. The minimum absolute atomic E-state index is 0. The summed E-state index contributed by atoms with van der Waals surface area (Å²) in [4.78, 5) is 12.2. The molecule has 0 bridgehead atoms. The van der Waals surface area contributed by atoms with Gasteiger partial charge in [-0.25, -0.2) is 13.1 Å². The molecule has 1 aromatic rings. The monoisotopic (exact) mass is 363 g/mol. The van der Waals surface area contributed by atoms with Crippen LogP contribution in [-0.4, -0.2) is 47.2 Å². The van der Waals surface area contributed by atoms with Crippen LogP contribution in [0.3, 0.4) is 0 Å². The molecule has 7 nitrogen and oxygen atoms in total. The third-order valence-corrected chi connectivity index (χ3v) is 5.02. The highest BCUT2D eigenvalue weighted by Gasteiger charge is 2.18. The normalized spacial score (nSPS) is 18.1. The number of morpholine rings is 1. The van der Waals surface area contributed by atoms with Crippen LogP contribution in [0.15, 0.2) is 23.1 Å². The number of hydrogen-bond acceptors (Lipinski definition) is 5. The Bertz CT molecular complexity index is 645. The predicted molar refractivity (Wildman–Crippen MR) is 90.5 cm³/mol. The van der Waals surface area contributed by atoms with Crippen molar-refractivity contribution in [3.8, 4) is 0 Å². The fraction of sp³-hybridized carbons (Fsp3) is 0.500. The lowest BCUT2D eigenvalue weighted by Gasteiger charge is -2.23. The van der Waals surface area contributed by atoms with Gasteiger partial charge < -0.3 is 15.4 Å². The van der Waals surface area contributed by atoms with Crippen LogP contribution in [0.25, 0.3) is 0 Å². The highest BCUT2D eigenvalue weighted by Crippen LogP contribution is 2.20. The predicted octanol–water partition coefficient (Wildman–Crippen LogP) is 0.642. The first-order valence-corrected chi connectivity index (χ1v) is 8.56. The van der Waals surface area contributed by atoms with Crippen molar-refractivity contribution in [2.45, 2.75) is 24.3 Å². The van der Waals surface area contributed by atoms with E-state index in [9.17, 15) is 13.2 Å². The van der Waals surface area contributed by atoms with E-state index >= 15 is 0 Å². The van der Waals surface area contributed by atoms with E-state index < -0.39 is 10.0 Å². The van der Waals surface area contributed by atoms with Gasteiger partial charge >= 0.3 is 0 Å². The molecule has 0 aliphatic carbocycles. The number of hydrogen-bond donors (Lipinski definition) is 3. The van der Waals surface area contributed by atoms with Crippen LogP contribution in [-0.2, 0) is 19.6 Å². The summed E-state index contributed by atoms with van der Waals surface area (Å²) in [7, 11) is -2.19. The quantitative estimate of drug-likeness (QED) is 0.713. The summed E-state index contributed by atoms with van der Waals surface area (Å²) in [6.45, 7) is 3.59. The van der Waals surface area contributed by atoms with Crippen molar-refractivity contribution >= 4 is 34.0 Å². The lowest BCUT2D eigenvalue weighted by Crippen LogP contribution is -2.43. The standard InChI is InChI=1S/C14H21N3O4S.ClH/c1-10-3-4-11(7-13(10)22(19,20)15-2)17-14(18)8-12-9-21-6-5-16-12;/h3-4,7,12,15-16H,5-6,8-9H2,1-2H3,(H,17,18);1H. The molecular formula is C14H22ClN3O4S. The van der Waals surface area contributed by atoms with Gasteiger partial charge in [-0.15, -0.1) is 12.4 Å². The van der Waals surface area contributed by atoms with Crippen molar-refractivity contribution in [2.24, 2.45) is 0 Å². The fourth-order valence-electron chi connectivity index (χ4n) is 2.26. The summed E-state index contributed by atoms with van der Waals surface area (Å²) < 4.78 is 31.4. The second-order valence-corrected chi connectivity index (χ2v) is 7.02. The number of carbonyl (C=O) groups excluding carboxylic acids is 1. The molecule has 0 saturated carbocycles. The maximum absolute atomic E-state index is 12.0. The zero-order chi connectivity index (χ0) is 16.2. The number of anilines is 1. The van der Waals surface area contributed by atoms with E-state index in [1.165, 1.54) is 13.1 Å². The van der Waals surface area contributed by atoms with E-state index in [1.54, 1.807) is 19.1 Å². The SMILES string of the molecule is CNS(=O)(=O)c1cc(NC(=O)CC2COCCN2)ccc1C.Cl. The van der Waals surface area contributed by atoms with E-state index in [1.807, 2.05) is 0 Å². The molecule has 0 radical (unpaired) electrons. The van der Waals surface area contributed by atoms with E-state index in [0.717, 1.165) is 6.54 Å². The van der Waals surface area contributed by atoms with Gasteiger partial charge in [0.15, 0.2) is 0 Å². The molecule has 9 heteroatoms. The molecule has 130 valence electrons. The number of carbonyl (C=O) groups is 1. The van der Waals surface area contributed by atoms with Crippen LogP contribution in [0.1, 0.15) is 12.0 Å². The van der Waals surface area contributed by atoms with Crippen molar-refractivity contribution in [1.82, 2.24) is 10.0 Å². The number of aryl methyl sites for hydroxylation is 1. The summed E-state index contributed by atoms with van der Waals surface area (Å²) in [6.07, 6.45) is 0.280. The van der Waals surface area contributed by atoms with E-state index in [-0.39, 0.29) is 35.7 Å². The topological polar surface area (TPSA) is 96.5 Å². The van der Waals surface area contributed by atoms with Crippen LogP contribution in [0, 0.1) is 6.92 Å². The van der Waals surface area contributed by atoms with Crippen molar-refractivity contribution < 1.29 is 17.9 Å². The lowest BCUT2D eigenvalue weighted by atomic mass is 10.2. The first-order chi connectivity index (χ1) is 10.4. The van der Waals surface area contributed by atoms with Gasteiger partial charge in [0.25, 0.3) is 0 Å². The molecule has 1 unspecified atom stereocenters. The molecule has 2 rings (SSSR count). The number of ether oxygens (including phenoxy) is 1. The Morgan fingerprint density at radius 2 is 2.17 bits per heavy atom. The number of amides is 1. The molecule has 1 aliphatic rings. The zero-order valence-electron chi connectivity index (χ0n) is 13.1. The minimum atomic E-state index is -3.55. The Hall–Kier alpha value is -1.19. The van der Waals surface area contributed by atoms with E-state index in [4.69, 9.17) is 4.74 Å². The number of benzene rings is 1. The van der Waals surface area contributed by atoms with Crippen molar-refractivity contribution in [2.75, 3.05) is 32.1 Å². The van der Waals surface area contributed by atoms with Gasteiger partial charge in [-0.1, -0.05) is 6.07 Å². The van der Waals surface area contributed by atoms with Crippen LogP contribution >= 0.6 is 12.4 Å². The van der Waals surface area contributed by atoms with Crippen LogP contribution < -0.4 is 15.4 Å². The molecule has 0 spiro atoms. The molecule has 1 fully saturated rings. The second kappa shape index (κ2) is 8.60. The molecule has 1 amide bonds. The van der Waals surface area contributed by atoms with E-state index in [0.29, 0.717) is 24.5 Å². The first-order valence-electron chi connectivity index (χ1n) is 7.07. The summed E-state index contributed by atoms with van der Waals surface area (Å²) in [5.41, 5.74) is 1.08. The van der Waals surface area contributed by atoms with Crippen molar-refractivity contribution in [3.05, 3.63) is 23.8 Å². The maximum atomic E-state index is 12.0. The molecule has 23 heavy (non-hydrogen) atoms. The lowest BCUT2D eigenvalue weighted by molar-refractivity contribution is -0.117. The number of nitrogens with one attached hydrogen (secondary N) is 3. The molecule has 1 heterocycles. The highest BCUT2D eigenvalue weighted by atomic mass is 35.5. The van der Waals surface area contributed by atoms with Crippen LogP contribution in [0.5, 0.6) is 0 Å². The van der Waals surface area contributed by atoms with Gasteiger partial charge in [0.1, 0.15) is 0 Å². The molecule has 1 saturated heterocycles. The Kier molecular flexibility index (Phi) is 7.43. The second-order valence-electron chi connectivity index (χ2n) is 5.17. The number of rotatable bonds is 5. The molecule has 1 aliphatic heterocycles. The smallest absolute Gasteiger partial charge is 0.240 e. The summed E-state index contributed by atoms with van der Waals surface area (Å²) >= 11 is 0. The Morgan fingerprint density at radius 3 is 2.78 bits per heavy atom.